The van der Waals surface area contributed by atoms with Crippen LogP contribution in [0.4, 0.5) is 4.39 Å². The van der Waals surface area contributed by atoms with Gasteiger partial charge in [0.15, 0.2) is 6.10 Å². The molecule has 124 valence electrons. The van der Waals surface area contributed by atoms with Crippen LogP contribution >= 0.6 is 0 Å². The van der Waals surface area contributed by atoms with Crippen LogP contribution in [-0.4, -0.2) is 36.2 Å². The average molecular weight is 326 g/mol. The van der Waals surface area contributed by atoms with Crippen molar-refractivity contribution < 1.29 is 14.0 Å². The quantitative estimate of drug-likeness (QED) is 0.864. The van der Waals surface area contributed by atoms with Crippen LogP contribution in [0.5, 0.6) is 0 Å². The molecule has 3 rings (SSSR count). The highest BCUT2D eigenvalue weighted by Gasteiger charge is 2.25. The zero-order valence-corrected chi connectivity index (χ0v) is 13.7. The summed E-state index contributed by atoms with van der Waals surface area (Å²) in [6.07, 6.45) is 0.486. The molecule has 0 aliphatic carbocycles. The maximum absolute atomic E-state index is 12.9. The molecule has 0 fully saturated rings. The monoisotopic (exact) mass is 326 g/mol. The highest BCUT2D eigenvalue weighted by Crippen LogP contribution is 2.18. The van der Waals surface area contributed by atoms with Crippen molar-refractivity contribution in [2.24, 2.45) is 5.16 Å². The van der Waals surface area contributed by atoms with E-state index in [4.69, 9.17) is 4.84 Å². The lowest BCUT2D eigenvalue weighted by Gasteiger charge is -2.20. The van der Waals surface area contributed by atoms with Crippen LogP contribution in [0.3, 0.4) is 0 Å². The fourth-order valence-corrected chi connectivity index (χ4v) is 2.64. The van der Waals surface area contributed by atoms with E-state index >= 15 is 0 Å². The minimum Gasteiger partial charge on any atom is -0.390 e. The van der Waals surface area contributed by atoms with E-state index in [1.807, 2.05) is 31.2 Å². The summed E-state index contributed by atoms with van der Waals surface area (Å²) in [5.41, 5.74) is 3.58. The summed E-state index contributed by atoms with van der Waals surface area (Å²) in [5, 5.41) is 4.14. The molecule has 1 aliphatic rings. The Balaban J connectivity index is 1.58. The lowest BCUT2D eigenvalue weighted by molar-refractivity contribution is 0.0482. The molecular weight excluding hydrogens is 307 g/mol. The summed E-state index contributed by atoms with van der Waals surface area (Å²) >= 11 is 0. The van der Waals surface area contributed by atoms with Crippen molar-refractivity contribution in [2.45, 2.75) is 19.4 Å². The number of likely N-dealkylation sites (N-methyl/N-ethyl adjacent to an activating group) is 1. The molecule has 1 atom stereocenters. The molecule has 0 bridgehead atoms. The first kappa shape index (κ1) is 16.2. The predicted molar refractivity (Wildman–Crippen MR) is 90.6 cm³/mol. The molecular formula is C19H19FN2O2. The second-order valence-electron chi connectivity index (χ2n) is 6.03. The van der Waals surface area contributed by atoms with Crippen LogP contribution in [0.15, 0.2) is 53.7 Å². The van der Waals surface area contributed by atoms with Crippen molar-refractivity contribution >= 4 is 11.6 Å². The molecule has 2 aromatic rings. The number of rotatable bonds is 4. The number of oxime groups is 1. The van der Waals surface area contributed by atoms with Crippen LogP contribution in [-0.2, 0) is 4.84 Å². The van der Waals surface area contributed by atoms with Crippen LogP contribution in [0.2, 0.25) is 0 Å². The van der Waals surface area contributed by atoms with Crippen LogP contribution in [0.25, 0.3) is 0 Å². The largest absolute Gasteiger partial charge is 0.390 e. The van der Waals surface area contributed by atoms with Crippen molar-refractivity contribution in [3.63, 3.8) is 0 Å². The maximum Gasteiger partial charge on any atom is 0.253 e. The third kappa shape index (κ3) is 3.62. The van der Waals surface area contributed by atoms with Crippen molar-refractivity contribution in [1.82, 2.24) is 4.90 Å². The summed E-state index contributed by atoms with van der Waals surface area (Å²) in [5.74, 6) is -0.521. The highest BCUT2D eigenvalue weighted by molar-refractivity contribution is 6.01. The van der Waals surface area contributed by atoms with E-state index in [1.54, 1.807) is 11.9 Å². The summed E-state index contributed by atoms with van der Waals surface area (Å²) in [4.78, 5) is 19.4. The lowest BCUT2D eigenvalue weighted by atomic mass is 10.0. The Hall–Kier alpha value is -2.69. The van der Waals surface area contributed by atoms with Crippen LogP contribution in [0, 0.1) is 12.7 Å². The standard InChI is InChI=1S/C19H19FN2O2/c1-13-3-5-14(6-4-13)18-11-17(24-21-18)12-22(2)19(23)15-7-9-16(20)10-8-15/h3-10,17H,11-12H2,1-2H3. The number of carbonyl (C=O) groups excluding carboxylic acids is 1. The number of nitrogens with zero attached hydrogens (tertiary/aromatic N) is 2. The van der Waals surface area contributed by atoms with Gasteiger partial charge in [0.25, 0.3) is 5.91 Å². The normalized spacial score (nSPS) is 16.5. The highest BCUT2D eigenvalue weighted by atomic mass is 19.1. The van der Waals surface area contributed by atoms with Crippen molar-refractivity contribution in [1.29, 1.82) is 0 Å². The third-order valence-electron chi connectivity index (χ3n) is 4.03. The minimum atomic E-state index is -0.357. The first-order chi connectivity index (χ1) is 11.5. The topological polar surface area (TPSA) is 41.9 Å². The van der Waals surface area contributed by atoms with Crippen LogP contribution < -0.4 is 0 Å². The SMILES string of the molecule is Cc1ccc(C2=NOC(CN(C)C(=O)c3ccc(F)cc3)C2)cc1. The zero-order chi connectivity index (χ0) is 17.1. The van der Waals surface area contributed by atoms with E-state index in [9.17, 15) is 9.18 Å². The number of halogens is 1. The first-order valence-corrected chi connectivity index (χ1v) is 7.83. The average Bonchev–Trinajstić information content (AvgIpc) is 3.04. The molecule has 1 heterocycles. The van der Waals surface area contributed by atoms with Gasteiger partial charge in [-0.15, -0.1) is 0 Å². The molecule has 24 heavy (non-hydrogen) atoms. The van der Waals surface area contributed by atoms with Crippen molar-refractivity contribution in [3.05, 3.63) is 71.0 Å². The Morgan fingerprint density at radius 3 is 2.54 bits per heavy atom. The smallest absolute Gasteiger partial charge is 0.253 e. The number of aryl methyl sites for hydroxylation is 1. The van der Waals surface area contributed by atoms with Gasteiger partial charge >= 0.3 is 0 Å². The lowest BCUT2D eigenvalue weighted by Crippen LogP contribution is -2.34. The van der Waals surface area contributed by atoms with E-state index in [1.165, 1.54) is 29.8 Å². The molecule has 2 aromatic carbocycles. The summed E-state index contributed by atoms with van der Waals surface area (Å²) < 4.78 is 12.9. The van der Waals surface area contributed by atoms with Gasteiger partial charge in [0.1, 0.15) is 5.82 Å². The van der Waals surface area contributed by atoms with Gasteiger partial charge in [-0.25, -0.2) is 4.39 Å². The van der Waals surface area contributed by atoms with Crippen molar-refractivity contribution in [3.8, 4) is 0 Å². The molecule has 0 N–H and O–H groups in total. The minimum absolute atomic E-state index is 0.164. The second-order valence-corrected chi connectivity index (χ2v) is 6.03. The third-order valence-corrected chi connectivity index (χ3v) is 4.03. The van der Waals surface area contributed by atoms with Crippen LogP contribution in [0.1, 0.15) is 27.9 Å². The van der Waals surface area contributed by atoms with E-state index in [-0.39, 0.29) is 17.8 Å². The van der Waals surface area contributed by atoms with Gasteiger partial charge in [0, 0.05) is 19.0 Å². The van der Waals surface area contributed by atoms with Gasteiger partial charge in [0.05, 0.1) is 12.3 Å². The molecule has 5 heteroatoms. The molecule has 1 amide bonds. The fraction of sp³-hybridized carbons (Fsp3) is 0.263. The molecule has 0 spiro atoms. The molecule has 0 saturated heterocycles. The summed E-state index contributed by atoms with van der Waals surface area (Å²) in [6, 6.07) is 13.7. The van der Waals surface area contributed by atoms with Crippen molar-refractivity contribution in [2.75, 3.05) is 13.6 Å². The van der Waals surface area contributed by atoms with E-state index in [0.29, 0.717) is 18.5 Å². The predicted octanol–water partition coefficient (Wildman–Crippen LogP) is 3.40. The molecule has 0 aromatic heterocycles. The Labute approximate surface area is 140 Å². The Bertz CT molecular complexity index is 754. The molecule has 1 aliphatic heterocycles. The molecule has 4 nitrogen and oxygen atoms in total. The Morgan fingerprint density at radius 2 is 1.88 bits per heavy atom. The van der Waals surface area contributed by atoms with E-state index in [2.05, 4.69) is 5.16 Å². The Kier molecular flexibility index (Phi) is 4.60. The summed E-state index contributed by atoms with van der Waals surface area (Å²) in [7, 11) is 1.71. The van der Waals surface area contributed by atoms with Gasteiger partial charge in [0.2, 0.25) is 0 Å². The molecule has 0 saturated carbocycles. The Morgan fingerprint density at radius 1 is 1.21 bits per heavy atom. The first-order valence-electron chi connectivity index (χ1n) is 7.83. The van der Waals surface area contributed by atoms with Gasteiger partial charge in [-0.05, 0) is 36.8 Å². The van der Waals surface area contributed by atoms with Gasteiger partial charge in [-0.3, -0.25) is 4.79 Å². The van der Waals surface area contributed by atoms with Gasteiger partial charge in [-0.2, -0.15) is 0 Å². The summed E-state index contributed by atoms with van der Waals surface area (Å²) in [6.45, 7) is 2.46. The van der Waals surface area contributed by atoms with Gasteiger partial charge in [-0.1, -0.05) is 35.0 Å². The maximum atomic E-state index is 12.9. The van der Waals surface area contributed by atoms with E-state index < -0.39 is 0 Å². The molecule has 0 radical (unpaired) electrons. The number of amides is 1. The number of hydrogen-bond acceptors (Lipinski definition) is 3. The number of hydrogen-bond donors (Lipinski definition) is 0. The number of benzene rings is 2. The second kappa shape index (κ2) is 6.83. The number of carbonyl (C=O) groups is 1. The zero-order valence-electron chi connectivity index (χ0n) is 13.7. The fourth-order valence-electron chi connectivity index (χ4n) is 2.64. The van der Waals surface area contributed by atoms with Gasteiger partial charge < -0.3 is 9.74 Å². The van der Waals surface area contributed by atoms with E-state index in [0.717, 1.165) is 11.3 Å². The molecule has 1 unspecified atom stereocenters.